The van der Waals surface area contributed by atoms with Gasteiger partial charge in [0.15, 0.2) is 0 Å². The lowest BCUT2D eigenvalue weighted by molar-refractivity contribution is -0.137. The van der Waals surface area contributed by atoms with Crippen LogP contribution in [0.25, 0.3) is 0 Å². The van der Waals surface area contributed by atoms with E-state index in [0.717, 1.165) is 25.0 Å². The van der Waals surface area contributed by atoms with E-state index in [1.165, 1.54) is 37.4 Å². The number of carbonyl (C=O) groups is 1. The number of benzene rings is 1. The van der Waals surface area contributed by atoms with E-state index in [9.17, 15) is 18.0 Å². The third kappa shape index (κ3) is 4.46. The first-order chi connectivity index (χ1) is 11.9. The van der Waals surface area contributed by atoms with Crippen LogP contribution in [0.4, 0.5) is 24.7 Å². The van der Waals surface area contributed by atoms with Crippen LogP contribution in [0.15, 0.2) is 36.7 Å². The van der Waals surface area contributed by atoms with Crippen molar-refractivity contribution in [3.05, 3.63) is 47.9 Å². The van der Waals surface area contributed by atoms with Crippen molar-refractivity contribution < 1.29 is 18.0 Å². The van der Waals surface area contributed by atoms with Crippen molar-refractivity contribution in [2.75, 3.05) is 10.6 Å². The number of anilines is 2. The lowest BCUT2D eigenvalue weighted by Crippen LogP contribution is -2.18. The molecule has 132 valence electrons. The molecule has 2 aromatic rings. The van der Waals surface area contributed by atoms with Gasteiger partial charge in [-0.1, -0.05) is 18.9 Å². The standard InChI is InChI=1S/C17H17F3N4O/c18-17(19,20)11-4-3-7-13(8-11)24-16(25)14-9-22-15(10-21-14)23-12-5-1-2-6-12/h3-4,7-10,12H,1-2,5-6H2,(H,22,23)(H,24,25). The van der Waals surface area contributed by atoms with Crippen LogP contribution in [0.5, 0.6) is 0 Å². The van der Waals surface area contributed by atoms with Crippen LogP contribution in [-0.2, 0) is 6.18 Å². The molecule has 3 rings (SSSR count). The molecule has 1 aliphatic carbocycles. The molecule has 25 heavy (non-hydrogen) atoms. The fourth-order valence-electron chi connectivity index (χ4n) is 2.77. The van der Waals surface area contributed by atoms with Gasteiger partial charge in [-0.25, -0.2) is 9.97 Å². The van der Waals surface area contributed by atoms with E-state index in [0.29, 0.717) is 11.9 Å². The van der Waals surface area contributed by atoms with Crippen molar-refractivity contribution in [2.45, 2.75) is 37.9 Å². The summed E-state index contributed by atoms with van der Waals surface area (Å²) in [4.78, 5) is 20.3. The van der Waals surface area contributed by atoms with Crippen molar-refractivity contribution in [1.29, 1.82) is 0 Å². The number of amides is 1. The first kappa shape index (κ1) is 17.2. The summed E-state index contributed by atoms with van der Waals surface area (Å²) in [5.74, 6) is -0.0261. The minimum absolute atomic E-state index is 0.0365. The highest BCUT2D eigenvalue weighted by Crippen LogP contribution is 2.30. The lowest BCUT2D eigenvalue weighted by atomic mass is 10.2. The third-order valence-electron chi connectivity index (χ3n) is 4.04. The van der Waals surface area contributed by atoms with Gasteiger partial charge in [-0.3, -0.25) is 4.79 Å². The second kappa shape index (κ2) is 7.08. The zero-order chi connectivity index (χ0) is 17.9. The van der Waals surface area contributed by atoms with Crippen LogP contribution in [0.2, 0.25) is 0 Å². The fraction of sp³-hybridized carbons (Fsp3) is 0.353. The average molecular weight is 350 g/mol. The maximum atomic E-state index is 12.7. The van der Waals surface area contributed by atoms with Crippen LogP contribution in [0, 0.1) is 0 Å². The number of nitrogens with one attached hydrogen (secondary N) is 2. The maximum Gasteiger partial charge on any atom is 0.416 e. The maximum absolute atomic E-state index is 12.7. The van der Waals surface area contributed by atoms with Gasteiger partial charge in [-0.15, -0.1) is 0 Å². The van der Waals surface area contributed by atoms with Crippen molar-refractivity contribution >= 4 is 17.4 Å². The summed E-state index contributed by atoms with van der Waals surface area (Å²) in [6.45, 7) is 0. The van der Waals surface area contributed by atoms with Crippen LogP contribution in [-0.4, -0.2) is 21.9 Å². The van der Waals surface area contributed by atoms with E-state index in [2.05, 4.69) is 20.6 Å². The van der Waals surface area contributed by atoms with Crippen molar-refractivity contribution in [3.63, 3.8) is 0 Å². The topological polar surface area (TPSA) is 66.9 Å². The molecular weight excluding hydrogens is 333 g/mol. The van der Waals surface area contributed by atoms with E-state index >= 15 is 0 Å². The molecule has 1 fully saturated rings. The van der Waals surface area contributed by atoms with Crippen molar-refractivity contribution in [2.24, 2.45) is 0 Å². The minimum atomic E-state index is -4.46. The molecule has 5 nitrogen and oxygen atoms in total. The summed E-state index contributed by atoms with van der Waals surface area (Å²) in [5.41, 5.74) is -0.739. The molecule has 1 aromatic heterocycles. The number of aromatic nitrogens is 2. The molecule has 0 aliphatic heterocycles. The van der Waals surface area contributed by atoms with Gasteiger partial charge >= 0.3 is 6.18 Å². The Bertz CT molecular complexity index is 740. The first-order valence-electron chi connectivity index (χ1n) is 7.99. The van der Waals surface area contributed by atoms with Crippen molar-refractivity contribution in [3.8, 4) is 0 Å². The molecule has 1 heterocycles. The highest BCUT2D eigenvalue weighted by Gasteiger charge is 2.30. The van der Waals surface area contributed by atoms with E-state index < -0.39 is 17.6 Å². The molecule has 0 bridgehead atoms. The zero-order valence-corrected chi connectivity index (χ0v) is 13.3. The number of alkyl halides is 3. The molecular formula is C17H17F3N4O. The Morgan fingerprint density at radius 1 is 1.12 bits per heavy atom. The summed E-state index contributed by atoms with van der Waals surface area (Å²) in [6.07, 6.45) is 2.83. The molecule has 0 saturated heterocycles. The zero-order valence-electron chi connectivity index (χ0n) is 13.3. The van der Waals surface area contributed by atoms with Gasteiger partial charge in [0, 0.05) is 11.7 Å². The van der Waals surface area contributed by atoms with E-state index in [1.807, 2.05) is 0 Å². The molecule has 0 spiro atoms. The Morgan fingerprint density at radius 2 is 1.88 bits per heavy atom. The van der Waals surface area contributed by atoms with Crippen LogP contribution in [0.1, 0.15) is 41.7 Å². The lowest BCUT2D eigenvalue weighted by Gasteiger charge is -2.12. The summed E-state index contributed by atoms with van der Waals surface area (Å²) in [6, 6.07) is 4.81. The van der Waals surface area contributed by atoms with Crippen LogP contribution >= 0.6 is 0 Å². The van der Waals surface area contributed by atoms with Gasteiger partial charge in [0.25, 0.3) is 5.91 Å². The minimum Gasteiger partial charge on any atom is -0.366 e. The molecule has 1 saturated carbocycles. The number of rotatable bonds is 4. The Kier molecular flexibility index (Phi) is 4.87. The molecule has 0 radical (unpaired) electrons. The highest BCUT2D eigenvalue weighted by molar-refractivity contribution is 6.02. The van der Waals surface area contributed by atoms with Crippen LogP contribution in [0.3, 0.4) is 0 Å². The Balaban J connectivity index is 1.65. The number of carbonyl (C=O) groups excluding carboxylic acids is 1. The molecule has 8 heteroatoms. The normalized spacial score (nSPS) is 15.2. The van der Waals surface area contributed by atoms with E-state index in [4.69, 9.17) is 0 Å². The molecule has 2 N–H and O–H groups in total. The van der Waals surface area contributed by atoms with Gasteiger partial charge in [-0.05, 0) is 31.0 Å². The van der Waals surface area contributed by atoms with Crippen LogP contribution < -0.4 is 10.6 Å². The monoisotopic (exact) mass is 350 g/mol. The SMILES string of the molecule is O=C(Nc1cccc(C(F)(F)F)c1)c1cnc(NC2CCCC2)cn1. The second-order valence-electron chi connectivity index (χ2n) is 5.95. The predicted octanol–water partition coefficient (Wildman–Crippen LogP) is 4.10. The number of nitrogens with zero attached hydrogens (tertiary/aromatic N) is 2. The van der Waals surface area contributed by atoms with Gasteiger partial charge in [0.05, 0.1) is 18.0 Å². The summed E-state index contributed by atoms with van der Waals surface area (Å²) in [7, 11) is 0. The highest BCUT2D eigenvalue weighted by atomic mass is 19.4. The van der Waals surface area contributed by atoms with Gasteiger partial charge < -0.3 is 10.6 Å². The summed E-state index contributed by atoms with van der Waals surface area (Å²) < 4.78 is 38.1. The first-order valence-corrected chi connectivity index (χ1v) is 7.99. The van der Waals surface area contributed by atoms with Gasteiger partial charge in [0.1, 0.15) is 11.5 Å². The number of halogens is 3. The molecule has 0 atom stereocenters. The Morgan fingerprint density at radius 3 is 2.52 bits per heavy atom. The number of hydrogen-bond donors (Lipinski definition) is 2. The summed E-state index contributed by atoms with van der Waals surface area (Å²) in [5, 5.41) is 5.65. The summed E-state index contributed by atoms with van der Waals surface area (Å²) >= 11 is 0. The quantitative estimate of drug-likeness (QED) is 0.871. The fourth-order valence-corrected chi connectivity index (χ4v) is 2.77. The van der Waals surface area contributed by atoms with Crippen molar-refractivity contribution in [1.82, 2.24) is 9.97 Å². The molecule has 1 amide bonds. The smallest absolute Gasteiger partial charge is 0.366 e. The van der Waals surface area contributed by atoms with Gasteiger partial charge in [0.2, 0.25) is 0 Å². The van der Waals surface area contributed by atoms with Gasteiger partial charge in [-0.2, -0.15) is 13.2 Å². The molecule has 1 aliphatic rings. The Labute approximate surface area is 142 Å². The average Bonchev–Trinajstić information content (AvgIpc) is 3.08. The molecule has 1 aromatic carbocycles. The largest absolute Gasteiger partial charge is 0.416 e. The molecule has 0 unspecified atom stereocenters. The predicted molar refractivity (Wildman–Crippen MR) is 87.3 cm³/mol. The van der Waals surface area contributed by atoms with E-state index in [1.54, 1.807) is 0 Å². The second-order valence-corrected chi connectivity index (χ2v) is 5.95. The third-order valence-corrected chi connectivity index (χ3v) is 4.04. The Hall–Kier alpha value is -2.64. The number of hydrogen-bond acceptors (Lipinski definition) is 4. The van der Waals surface area contributed by atoms with E-state index in [-0.39, 0.29) is 11.4 Å².